The van der Waals surface area contributed by atoms with Crippen LogP contribution in [0.4, 0.5) is 5.69 Å². The van der Waals surface area contributed by atoms with Gasteiger partial charge in [-0.15, -0.1) is 0 Å². The van der Waals surface area contributed by atoms with Gasteiger partial charge in [-0.2, -0.15) is 0 Å². The van der Waals surface area contributed by atoms with Crippen molar-refractivity contribution >= 4 is 21.4 Å². The maximum absolute atomic E-state index is 12.5. The number of amides is 1. The Hall–Kier alpha value is -3.30. The minimum atomic E-state index is -3.50. The molecule has 2 heterocycles. The molecule has 1 unspecified atom stereocenters. The molecule has 4 rings (SSSR count). The second kappa shape index (κ2) is 11.4. The molecule has 0 bridgehead atoms. The Kier molecular flexibility index (Phi) is 8.09. The highest BCUT2D eigenvalue weighted by atomic mass is 32.2. The molecule has 0 saturated carbocycles. The van der Waals surface area contributed by atoms with E-state index in [2.05, 4.69) is 27.2 Å². The molecule has 9 heteroatoms. The second-order valence-corrected chi connectivity index (χ2v) is 10.5. The lowest BCUT2D eigenvalue weighted by Gasteiger charge is -2.39. The fraction of sp³-hybridized carbons (Fsp3) is 0.346. The zero-order valence-corrected chi connectivity index (χ0v) is 20.6. The molecular formula is C26H31N3O5S. The summed E-state index contributed by atoms with van der Waals surface area (Å²) in [4.78, 5) is 17.4. The zero-order chi connectivity index (χ0) is 24.7. The molecule has 3 aromatic rings. The fourth-order valence-electron chi connectivity index (χ4n) is 4.25. The number of furan rings is 1. The SMILES string of the molecule is COc1ccc(N2CCN(C(CNC(=O)CCS(=O)(=O)c3ccccc3)c3ccco3)CC2)cc1. The van der Waals surface area contributed by atoms with Crippen molar-refractivity contribution in [3.63, 3.8) is 0 Å². The van der Waals surface area contributed by atoms with Crippen LogP contribution in [0.1, 0.15) is 18.2 Å². The van der Waals surface area contributed by atoms with Crippen LogP contribution in [0.3, 0.4) is 0 Å². The number of nitrogens with one attached hydrogen (secondary N) is 1. The number of hydrogen-bond acceptors (Lipinski definition) is 7. The van der Waals surface area contributed by atoms with Crippen molar-refractivity contribution < 1.29 is 22.4 Å². The van der Waals surface area contributed by atoms with E-state index in [1.807, 2.05) is 24.3 Å². The summed E-state index contributed by atoms with van der Waals surface area (Å²) in [6.07, 6.45) is 1.54. The predicted octanol–water partition coefficient (Wildman–Crippen LogP) is 3.13. The summed E-state index contributed by atoms with van der Waals surface area (Å²) in [5.41, 5.74) is 1.15. The topological polar surface area (TPSA) is 92.1 Å². The van der Waals surface area contributed by atoms with E-state index in [0.717, 1.165) is 43.4 Å². The van der Waals surface area contributed by atoms with E-state index >= 15 is 0 Å². The number of ether oxygens (including phenoxy) is 1. The first kappa shape index (κ1) is 24.8. The molecule has 0 aliphatic carbocycles. The van der Waals surface area contributed by atoms with Gasteiger partial charge < -0.3 is 19.4 Å². The summed E-state index contributed by atoms with van der Waals surface area (Å²) in [6.45, 7) is 3.63. The normalized spacial score (nSPS) is 15.5. The number of carbonyl (C=O) groups is 1. The van der Waals surface area contributed by atoms with Crippen molar-refractivity contribution in [3.05, 3.63) is 78.8 Å². The van der Waals surface area contributed by atoms with Gasteiger partial charge in [-0.05, 0) is 48.5 Å². The Morgan fingerprint density at radius 2 is 1.71 bits per heavy atom. The Morgan fingerprint density at radius 1 is 1.00 bits per heavy atom. The van der Waals surface area contributed by atoms with Crippen LogP contribution in [-0.2, 0) is 14.6 Å². The first-order valence-electron chi connectivity index (χ1n) is 11.7. The van der Waals surface area contributed by atoms with E-state index in [4.69, 9.17) is 9.15 Å². The molecular weight excluding hydrogens is 466 g/mol. The molecule has 1 aliphatic heterocycles. The number of rotatable bonds is 10. The van der Waals surface area contributed by atoms with Crippen LogP contribution in [0.15, 0.2) is 82.3 Å². The Balaban J connectivity index is 1.32. The lowest BCUT2D eigenvalue weighted by atomic mass is 10.1. The number of methoxy groups -OCH3 is 1. The third kappa shape index (κ3) is 6.43. The van der Waals surface area contributed by atoms with Gasteiger partial charge in [0, 0.05) is 44.8 Å². The number of anilines is 1. The van der Waals surface area contributed by atoms with Gasteiger partial charge in [0.1, 0.15) is 11.5 Å². The molecule has 186 valence electrons. The summed E-state index contributed by atoms with van der Waals surface area (Å²) in [5, 5.41) is 2.92. The summed E-state index contributed by atoms with van der Waals surface area (Å²) < 4.78 is 35.9. The summed E-state index contributed by atoms with van der Waals surface area (Å²) in [6, 6.07) is 19.9. The Morgan fingerprint density at radius 3 is 2.34 bits per heavy atom. The van der Waals surface area contributed by atoms with Crippen molar-refractivity contribution in [2.24, 2.45) is 0 Å². The number of nitrogens with zero attached hydrogens (tertiary/aromatic N) is 2. The molecule has 1 N–H and O–H groups in total. The maximum Gasteiger partial charge on any atom is 0.221 e. The Bertz CT molecular complexity index is 1170. The fourth-order valence-corrected chi connectivity index (χ4v) is 5.51. The predicted molar refractivity (Wildman–Crippen MR) is 134 cm³/mol. The second-order valence-electron chi connectivity index (χ2n) is 8.44. The van der Waals surface area contributed by atoms with Crippen LogP contribution in [0, 0.1) is 0 Å². The smallest absolute Gasteiger partial charge is 0.221 e. The zero-order valence-electron chi connectivity index (χ0n) is 19.8. The molecule has 1 saturated heterocycles. The van der Waals surface area contributed by atoms with Crippen molar-refractivity contribution in [1.29, 1.82) is 0 Å². The number of sulfone groups is 1. The first-order valence-corrected chi connectivity index (χ1v) is 13.3. The molecule has 2 aromatic carbocycles. The minimum absolute atomic E-state index is 0.0899. The van der Waals surface area contributed by atoms with Crippen LogP contribution >= 0.6 is 0 Å². The quantitative estimate of drug-likeness (QED) is 0.460. The largest absolute Gasteiger partial charge is 0.497 e. The van der Waals surface area contributed by atoms with Gasteiger partial charge in [-0.3, -0.25) is 9.69 Å². The van der Waals surface area contributed by atoms with Gasteiger partial charge >= 0.3 is 0 Å². The van der Waals surface area contributed by atoms with Crippen molar-refractivity contribution in [2.75, 3.05) is 50.5 Å². The van der Waals surface area contributed by atoms with Crippen LogP contribution in [-0.4, -0.2) is 64.8 Å². The number of benzene rings is 2. The van der Waals surface area contributed by atoms with Gasteiger partial charge in [-0.1, -0.05) is 18.2 Å². The minimum Gasteiger partial charge on any atom is -0.497 e. The van der Waals surface area contributed by atoms with Crippen molar-refractivity contribution in [2.45, 2.75) is 17.4 Å². The number of carbonyl (C=O) groups excluding carboxylic acids is 1. The monoisotopic (exact) mass is 497 g/mol. The van der Waals surface area contributed by atoms with Gasteiger partial charge in [0.25, 0.3) is 0 Å². The molecule has 1 atom stereocenters. The van der Waals surface area contributed by atoms with Gasteiger partial charge in [0.05, 0.1) is 30.1 Å². The van der Waals surface area contributed by atoms with Gasteiger partial charge in [-0.25, -0.2) is 8.42 Å². The molecule has 1 fully saturated rings. The lowest BCUT2D eigenvalue weighted by Crippen LogP contribution is -2.49. The summed E-state index contributed by atoms with van der Waals surface area (Å²) in [7, 11) is -1.84. The maximum atomic E-state index is 12.5. The highest BCUT2D eigenvalue weighted by Crippen LogP contribution is 2.25. The molecule has 35 heavy (non-hydrogen) atoms. The molecule has 1 amide bonds. The lowest BCUT2D eigenvalue weighted by molar-refractivity contribution is -0.121. The molecule has 8 nitrogen and oxygen atoms in total. The van der Waals surface area contributed by atoms with E-state index in [-0.39, 0.29) is 29.0 Å². The standard InChI is InChI=1S/C26H31N3O5S/c1-33-22-11-9-21(10-12-22)28-14-16-29(17-15-28)24(25-8-5-18-34-25)20-27-26(30)13-19-35(31,32)23-6-3-2-4-7-23/h2-12,18,24H,13-17,19-20H2,1H3,(H,27,30). The summed E-state index contributed by atoms with van der Waals surface area (Å²) >= 11 is 0. The molecule has 1 aromatic heterocycles. The average molecular weight is 498 g/mol. The van der Waals surface area contributed by atoms with Crippen LogP contribution in [0.25, 0.3) is 0 Å². The third-order valence-corrected chi connectivity index (χ3v) is 7.99. The van der Waals surface area contributed by atoms with E-state index in [9.17, 15) is 13.2 Å². The highest BCUT2D eigenvalue weighted by molar-refractivity contribution is 7.91. The van der Waals surface area contributed by atoms with Gasteiger partial charge in [0.15, 0.2) is 9.84 Å². The van der Waals surface area contributed by atoms with E-state index in [0.29, 0.717) is 6.54 Å². The summed E-state index contributed by atoms with van der Waals surface area (Å²) in [5.74, 6) is 1.09. The number of hydrogen-bond donors (Lipinski definition) is 1. The van der Waals surface area contributed by atoms with E-state index in [1.54, 1.807) is 43.7 Å². The first-order chi connectivity index (χ1) is 17.0. The Labute approximate surface area is 206 Å². The van der Waals surface area contributed by atoms with Crippen molar-refractivity contribution in [1.82, 2.24) is 10.2 Å². The van der Waals surface area contributed by atoms with Crippen LogP contribution in [0.2, 0.25) is 0 Å². The van der Waals surface area contributed by atoms with Crippen LogP contribution < -0.4 is 15.0 Å². The molecule has 1 aliphatic rings. The average Bonchev–Trinajstić information content (AvgIpc) is 3.43. The van der Waals surface area contributed by atoms with Crippen LogP contribution in [0.5, 0.6) is 5.75 Å². The van der Waals surface area contributed by atoms with Gasteiger partial charge in [0.2, 0.25) is 5.91 Å². The third-order valence-electron chi connectivity index (χ3n) is 6.26. The van der Waals surface area contributed by atoms with E-state index < -0.39 is 9.84 Å². The highest BCUT2D eigenvalue weighted by Gasteiger charge is 2.27. The number of piperazine rings is 1. The molecule has 0 spiro atoms. The van der Waals surface area contributed by atoms with E-state index in [1.165, 1.54) is 0 Å². The molecule has 0 radical (unpaired) electrons. The van der Waals surface area contributed by atoms with Crippen molar-refractivity contribution in [3.8, 4) is 5.75 Å².